The highest BCUT2D eigenvalue weighted by molar-refractivity contribution is 6.03. The fraction of sp³-hybridized carbons (Fsp3) is 0.391. The van der Waals surface area contributed by atoms with Crippen LogP contribution in [0.15, 0.2) is 42.5 Å². The molecule has 3 amide bonds. The number of hydrogen-bond donors (Lipinski definition) is 4. The SMILES string of the molecule is CN[C@@H](C)C(=O)N[C@H]1CCCCN(CC(=O)Nc2cccc3ccccc23)C1=O.O=CO. The van der Waals surface area contributed by atoms with E-state index in [4.69, 9.17) is 9.90 Å². The number of hydrogen-bond acceptors (Lipinski definition) is 5. The van der Waals surface area contributed by atoms with Crippen LogP contribution in [-0.4, -0.2) is 66.4 Å². The Bertz CT molecular complexity index is 944. The molecule has 2 aromatic carbocycles. The van der Waals surface area contributed by atoms with Crippen molar-refractivity contribution in [1.29, 1.82) is 0 Å². The maximum Gasteiger partial charge on any atom is 0.290 e. The van der Waals surface area contributed by atoms with E-state index in [-0.39, 0.29) is 36.8 Å². The van der Waals surface area contributed by atoms with Crippen molar-refractivity contribution in [1.82, 2.24) is 15.5 Å². The van der Waals surface area contributed by atoms with E-state index in [1.54, 1.807) is 18.9 Å². The maximum absolute atomic E-state index is 12.9. The molecular formula is C23H30N4O5. The Kier molecular flexibility index (Phi) is 9.62. The van der Waals surface area contributed by atoms with Crippen LogP contribution in [0.25, 0.3) is 10.8 Å². The summed E-state index contributed by atoms with van der Waals surface area (Å²) in [7, 11) is 1.70. The van der Waals surface area contributed by atoms with Gasteiger partial charge in [0.1, 0.15) is 6.04 Å². The Morgan fingerprint density at radius 1 is 1.19 bits per heavy atom. The van der Waals surface area contributed by atoms with Crippen molar-refractivity contribution in [3.8, 4) is 0 Å². The van der Waals surface area contributed by atoms with E-state index in [1.165, 1.54) is 0 Å². The fourth-order valence-corrected chi connectivity index (χ4v) is 3.52. The summed E-state index contributed by atoms with van der Waals surface area (Å²) in [5.41, 5.74) is 0.725. The van der Waals surface area contributed by atoms with Crippen LogP contribution in [0.2, 0.25) is 0 Å². The molecule has 4 N–H and O–H groups in total. The van der Waals surface area contributed by atoms with E-state index in [0.29, 0.717) is 13.0 Å². The van der Waals surface area contributed by atoms with E-state index in [2.05, 4.69) is 16.0 Å². The smallest absolute Gasteiger partial charge is 0.290 e. The third-order valence-corrected chi connectivity index (χ3v) is 5.32. The first-order chi connectivity index (χ1) is 15.4. The van der Waals surface area contributed by atoms with Crippen molar-refractivity contribution in [3.63, 3.8) is 0 Å². The Hall–Kier alpha value is -3.46. The van der Waals surface area contributed by atoms with Gasteiger partial charge in [0.15, 0.2) is 0 Å². The minimum absolute atomic E-state index is 0.0317. The van der Waals surface area contributed by atoms with E-state index < -0.39 is 6.04 Å². The molecule has 3 rings (SSSR count). The molecule has 1 saturated heterocycles. The summed E-state index contributed by atoms with van der Waals surface area (Å²) in [4.78, 5) is 47.6. The first kappa shape index (κ1) is 24.8. The number of anilines is 1. The molecule has 9 nitrogen and oxygen atoms in total. The number of amides is 3. The number of benzene rings is 2. The molecule has 2 atom stereocenters. The normalized spacial score (nSPS) is 16.9. The van der Waals surface area contributed by atoms with Gasteiger partial charge in [-0.25, -0.2) is 0 Å². The van der Waals surface area contributed by atoms with E-state index in [1.807, 2.05) is 42.5 Å². The lowest BCUT2D eigenvalue weighted by atomic mass is 10.1. The van der Waals surface area contributed by atoms with Gasteiger partial charge >= 0.3 is 0 Å². The zero-order valence-electron chi connectivity index (χ0n) is 18.3. The highest BCUT2D eigenvalue weighted by Crippen LogP contribution is 2.23. The van der Waals surface area contributed by atoms with Gasteiger partial charge in [-0.3, -0.25) is 19.2 Å². The summed E-state index contributed by atoms with van der Waals surface area (Å²) in [5.74, 6) is -0.662. The van der Waals surface area contributed by atoms with Crippen LogP contribution < -0.4 is 16.0 Å². The van der Waals surface area contributed by atoms with E-state index in [0.717, 1.165) is 29.3 Å². The van der Waals surface area contributed by atoms with Gasteiger partial charge in [-0.2, -0.15) is 0 Å². The lowest BCUT2D eigenvalue weighted by Crippen LogP contribution is -2.52. The third kappa shape index (κ3) is 6.78. The average molecular weight is 443 g/mol. The van der Waals surface area contributed by atoms with Gasteiger partial charge in [-0.15, -0.1) is 0 Å². The second-order valence-electron chi connectivity index (χ2n) is 7.51. The average Bonchev–Trinajstić information content (AvgIpc) is 2.95. The Morgan fingerprint density at radius 2 is 1.88 bits per heavy atom. The molecule has 32 heavy (non-hydrogen) atoms. The summed E-state index contributed by atoms with van der Waals surface area (Å²) in [6, 6.07) is 12.6. The highest BCUT2D eigenvalue weighted by Gasteiger charge is 2.30. The zero-order valence-corrected chi connectivity index (χ0v) is 18.3. The molecule has 0 radical (unpaired) electrons. The third-order valence-electron chi connectivity index (χ3n) is 5.32. The van der Waals surface area contributed by atoms with Crippen LogP contribution >= 0.6 is 0 Å². The van der Waals surface area contributed by atoms with Gasteiger partial charge in [0.2, 0.25) is 17.7 Å². The van der Waals surface area contributed by atoms with Gasteiger partial charge in [0, 0.05) is 17.6 Å². The number of carboxylic acid groups (broad SMARTS) is 1. The fourth-order valence-electron chi connectivity index (χ4n) is 3.52. The summed E-state index contributed by atoms with van der Waals surface area (Å²) in [6.45, 7) is 1.97. The maximum atomic E-state index is 12.9. The molecule has 172 valence electrons. The molecule has 1 aliphatic heterocycles. The lowest BCUT2D eigenvalue weighted by molar-refractivity contribution is -0.138. The molecule has 0 bridgehead atoms. The minimum Gasteiger partial charge on any atom is -0.483 e. The second kappa shape index (κ2) is 12.4. The molecule has 1 aliphatic rings. The molecule has 0 saturated carbocycles. The highest BCUT2D eigenvalue weighted by atomic mass is 16.3. The number of nitrogens with one attached hydrogen (secondary N) is 3. The molecule has 9 heteroatoms. The first-order valence-electron chi connectivity index (χ1n) is 10.5. The Labute approximate surface area is 187 Å². The number of rotatable bonds is 6. The lowest BCUT2D eigenvalue weighted by Gasteiger charge is -2.25. The van der Waals surface area contributed by atoms with Gasteiger partial charge in [0.05, 0.1) is 12.6 Å². The summed E-state index contributed by atoms with van der Waals surface area (Å²) >= 11 is 0. The number of carbonyl (C=O) groups excluding carboxylic acids is 3. The Balaban J connectivity index is 0.00000114. The molecule has 1 heterocycles. The van der Waals surface area contributed by atoms with Crippen LogP contribution in [0, 0.1) is 0 Å². The quantitative estimate of drug-likeness (QED) is 0.503. The van der Waals surface area contributed by atoms with E-state index >= 15 is 0 Å². The molecule has 0 aromatic heterocycles. The van der Waals surface area contributed by atoms with Gasteiger partial charge in [-0.05, 0) is 44.7 Å². The molecule has 1 fully saturated rings. The molecule has 0 unspecified atom stereocenters. The topological polar surface area (TPSA) is 128 Å². The predicted octanol–water partition coefficient (Wildman–Crippen LogP) is 1.58. The summed E-state index contributed by atoms with van der Waals surface area (Å²) < 4.78 is 0. The van der Waals surface area contributed by atoms with Crippen LogP contribution in [-0.2, 0) is 19.2 Å². The molecule has 0 spiro atoms. The van der Waals surface area contributed by atoms with Crippen LogP contribution in [0.1, 0.15) is 26.2 Å². The van der Waals surface area contributed by atoms with Crippen molar-refractivity contribution < 1.29 is 24.3 Å². The van der Waals surface area contributed by atoms with Crippen LogP contribution in [0.3, 0.4) is 0 Å². The number of likely N-dealkylation sites (tertiary alicyclic amines) is 1. The van der Waals surface area contributed by atoms with Crippen molar-refractivity contribution in [2.24, 2.45) is 0 Å². The van der Waals surface area contributed by atoms with E-state index in [9.17, 15) is 14.4 Å². The number of fused-ring (bicyclic) bond motifs is 1. The summed E-state index contributed by atoms with van der Waals surface area (Å²) in [6.07, 6.45) is 2.22. The van der Waals surface area contributed by atoms with Crippen molar-refractivity contribution >= 4 is 40.7 Å². The van der Waals surface area contributed by atoms with Crippen molar-refractivity contribution in [2.75, 3.05) is 25.5 Å². The van der Waals surface area contributed by atoms with Gasteiger partial charge in [0.25, 0.3) is 6.47 Å². The molecular weight excluding hydrogens is 412 g/mol. The van der Waals surface area contributed by atoms with Crippen LogP contribution in [0.5, 0.6) is 0 Å². The second-order valence-corrected chi connectivity index (χ2v) is 7.51. The number of likely N-dealkylation sites (N-methyl/N-ethyl adjacent to an activating group) is 1. The van der Waals surface area contributed by atoms with Gasteiger partial charge in [-0.1, -0.05) is 36.4 Å². The summed E-state index contributed by atoms with van der Waals surface area (Å²) in [5, 5.41) is 17.5. The minimum atomic E-state index is -0.592. The monoisotopic (exact) mass is 442 g/mol. The largest absolute Gasteiger partial charge is 0.483 e. The predicted molar refractivity (Wildman–Crippen MR) is 122 cm³/mol. The van der Waals surface area contributed by atoms with Crippen molar-refractivity contribution in [2.45, 2.75) is 38.3 Å². The standard InChI is InChI=1S/C22H28N4O3.CH2O2/c1-15(23-2)21(28)25-19-11-5-6-13-26(22(19)29)14-20(27)24-18-12-7-9-16-8-3-4-10-17(16)18;2-1-3/h3-4,7-10,12,15,19,23H,5-6,11,13-14H2,1-2H3,(H,24,27)(H,25,28);1H,(H,2,3)/t15-,19-;/m0./s1. The first-order valence-corrected chi connectivity index (χ1v) is 10.5. The number of carbonyl (C=O) groups is 4. The van der Waals surface area contributed by atoms with Crippen LogP contribution in [0.4, 0.5) is 5.69 Å². The molecule has 0 aliphatic carbocycles. The van der Waals surface area contributed by atoms with Gasteiger partial charge < -0.3 is 26.0 Å². The zero-order chi connectivity index (χ0) is 23.5. The molecule has 2 aromatic rings. The Morgan fingerprint density at radius 3 is 2.59 bits per heavy atom. The van der Waals surface area contributed by atoms with Crippen molar-refractivity contribution in [3.05, 3.63) is 42.5 Å². The number of nitrogens with zero attached hydrogens (tertiary/aromatic N) is 1.